The summed E-state index contributed by atoms with van der Waals surface area (Å²) < 4.78 is 0. The van der Waals surface area contributed by atoms with E-state index in [9.17, 15) is 10.1 Å². The molecule has 85 valence electrons. The van der Waals surface area contributed by atoms with Gasteiger partial charge in [0.2, 0.25) is 0 Å². The van der Waals surface area contributed by atoms with E-state index in [1.807, 2.05) is 6.07 Å². The quantitative estimate of drug-likeness (QED) is 0.579. The Bertz CT molecular complexity index is 373. The first-order chi connectivity index (χ1) is 7.75. The monoisotopic (exact) mass is 219 g/mol. The van der Waals surface area contributed by atoms with Crippen LogP contribution in [0.15, 0.2) is 24.3 Å². The molecule has 0 bridgehead atoms. The highest BCUT2D eigenvalue weighted by atomic mass is 16.6. The predicted octanol–water partition coefficient (Wildman–Crippen LogP) is 2.39. The number of nitro benzene ring substituents is 1. The van der Waals surface area contributed by atoms with Crippen LogP contribution in [0.4, 0.5) is 5.69 Å². The number of nitrogens with zero attached hydrogens (tertiary/aromatic N) is 2. The lowest BCUT2D eigenvalue weighted by atomic mass is 10.1. The lowest BCUT2D eigenvalue weighted by Crippen LogP contribution is -2.29. The number of hydrogen-bond acceptors (Lipinski definition) is 3. The second kappa shape index (κ2) is 5.07. The Balaban J connectivity index is 2.02. The van der Waals surface area contributed by atoms with Crippen LogP contribution >= 0.6 is 0 Å². The molecule has 1 aliphatic rings. The summed E-state index contributed by atoms with van der Waals surface area (Å²) in [6.45, 7) is 2.93. The van der Waals surface area contributed by atoms with Crippen molar-refractivity contribution in [3.05, 3.63) is 46.4 Å². The first-order valence-corrected chi connectivity index (χ1v) is 5.53. The summed E-state index contributed by atoms with van der Waals surface area (Å²) in [5.41, 5.74) is 1.21. The van der Waals surface area contributed by atoms with Crippen molar-refractivity contribution in [1.82, 2.24) is 4.90 Å². The maximum absolute atomic E-state index is 10.6. The molecule has 2 rings (SSSR count). The molecule has 0 saturated carbocycles. The van der Waals surface area contributed by atoms with E-state index in [-0.39, 0.29) is 10.6 Å². The van der Waals surface area contributed by atoms with Crippen molar-refractivity contribution in [3.8, 4) is 0 Å². The molecule has 0 aliphatic carbocycles. The Kier molecular flexibility index (Phi) is 3.51. The normalized spacial score (nSPS) is 17.2. The van der Waals surface area contributed by atoms with Gasteiger partial charge in [-0.25, -0.2) is 0 Å². The minimum absolute atomic E-state index is 0.182. The molecule has 1 aliphatic heterocycles. The summed E-state index contributed by atoms with van der Waals surface area (Å²) in [5.74, 6) is 0. The number of non-ortho nitro benzene ring substituents is 1. The topological polar surface area (TPSA) is 46.4 Å². The zero-order valence-electron chi connectivity index (χ0n) is 9.13. The van der Waals surface area contributed by atoms with Crippen LogP contribution in [0.25, 0.3) is 0 Å². The Morgan fingerprint density at radius 1 is 1.31 bits per heavy atom. The van der Waals surface area contributed by atoms with Gasteiger partial charge in [0.1, 0.15) is 0 Å². The third kappa shape index (κ3) is 2.79. The van der Waals surface area contributed by atoms with Crippen molar-refractivity contribution >= 4 is 5.69 Å². The van der Waals surface area contributed by atoms with Crippen molar-refractivity contribution in [2.75, 3.05) is 13.1 Å². The molecule has 1 radical (unpaired) electrons. The van der Waals surface area contributed by atoms with Gasteiger partial charge < -0.3 is 0 Å². The van der Waals surface area contributed by atoms with Crippen molar-refractivity contribution < 1.29 is 4.92 Å². The van der Waals surface area contributed by atoms with E-state index in [1.165, 1.54) is 6.07 Å². The number of benzene rings is 1. The molecule has 1 heterocycles. The van der Waals surface area contributed by atoms with Crippen molar-refractivity contribution in [2.24, 2.45) is 0 Å². The van der Waals surface area contributed by atoms with E-state index in [2.05, 4.69) is 11.3 Å². The Labute approximate surface area is 95.0 Å². The summed E-state index contributed by atoms with van der Waals surface area (Å²) in [6, 6.07) is 6.90. The number of rotatable bonds is 3. The molecule has 1 aromatic rings. The van der Waals surface area contributed by atoms with Crippen LogP contribution in [0, 0.1) is 16.5 Å². The molecule has 0 amide bonds. The number of piperidine rings is 1. The van der Waals surface area contributed by atoms with Gasteiger partial charge in [0.15, 0.2) is 0 Å². The lowest BCUT2D eigenvalue weighted by molar-refractivity contribution is -0.384. The average molecular weight is 219 g/mol. The number of likely N-dealkylation sites (tertiary alicyclic amines) is 1. The van der Waals surface area contributed by atoms with Crippen molar-refractivity contribution in [3.63, 3.8) is 0 Å². The number of hydrogen-bond donors (Lipinski definition) is 0. The maximum Gasteiger partial charge on any atom is 0.269 e. The summed E-state index contributed by atoms with van der Waals surface area (Å²) in [5, 5.41) is 10.6. The van der Waals surface area contributed by atoms with Crippen LogP contribution in [0.1, 0.15) is 18.4 Å². The van der Waals surface area contributed by atoms with Crippen molar-refractivity contribution in [1.29, 1.82) is 0 Å². The molecular formula is C12H15N2O2. The first kappa shape index (κ1) is 11.1. The summed E-state index contributed by atoms with van der Waals surface area (Å²) in [6.07, 6.45) is 4.54. The summed E-state index contributed by atoms with van der Waals surface area (Å²) in [7, 11) is 0. The van der Waals surface area contributed by atoms with E-state index in [0.717, 1.165) is 38.0 Å². The Hall–Kier alpha value is -1.42. The molecule has 1 fully saturated rings. The molecule has 0 unspecified atom stereocenters. The highest BCUT2D eigenvalue weighted by Crippen LogP contribution is 2.16. The SMILES string of the molecule is O=[N+]([O-])c1cccc(CN2CC[CH]CC2)c1. The second-order valence-electron chi connectivity index (χ2n) is 4.07. The molecule has 0 atom stereocenters. The summed E-state index contributed by atoms with van der Waals surface area (Å²) >= 11 is 0. The van der Waals surface area contributed by atoms with Gasteiger partial charge in [0.05, 0.1) is 4.92 Å². The molecule has 4 heteroatoms. The third-order valence-electron chi connectivity index (χ3n) is 2.83. The van der Waals surface area contributed by atoms with Gasteiger partial charge in [0, 0.05) is 18.7 Å². The van der Waals surface area contributed by atoms with Crippen LogP contribution in [-0.2, 0) is 6.54 Å². The zero-order chi connectivity index (χ0) is 11.4. The van der Waals surface area contributed by atoms with Gasteiger partial charge >= 0.3 is 0 Å². The Morgan fingerprint density at radius 2 is 2.06 bits per heavy atom. The van der Waals surface area contributed by atoms with E-state index in [1.54, 1.807) is 12.1 Å². The molecule has 0 aromatic heterocycles. The van der Waals surface area contributed by atoms with Crippen LogP contribution in [0.5, 0.6) is 0 Å². The van der Waals surface area contributed by atoms with Crippen molar-refractivity contribution in [2.45, 2.75) is 19.4 Å². The van der Waals surface area contributed by atoms with E-state index >= 15 is 0 Å². The molecule has 4 nitrogen and oxygen atoms in total. The Morgan fingerprint density at radius 3 is 2.75 bits per heavy atom. The molecule has 1 saturated heterocycles. The van der Waals surface area contributed by atoms with Crippen LogP contribution in [0.3, 0.4) is 0 Å². The number of nitro groups is 1. The molecule has 1 aromatic carbocycles. The first-order valence-electron chi connectivity index (χ1n) is 5.53. The fourth-order valence-electron chi connectivity index (χ4n) is 1.99. The van der Waals surface area contributed by atoms with Crippen LogP contribution in [-0.4, -0.2) is 22.9 Å². The largest absolute Gasteiger partial charge is 0.299 e. The lowest BCUT2D eigenvalue weighted by Gasteiger charge is -2.26. The van der Waals surface area contributed by atoms with Gasteiger partial charge in [-0.15, -0.1) is 0 Å². The van der Waals surface area contributed by atoms with Gasteiger partial charge in [-0.1, -0.05) is 12.1 Å². The van der Waals surface area contributed by atoms with E-state index < -0.39 is 0 Å². The minimum atomic E-state index is -0.340. The average Bonchev–Trinajstić information content (AvgIpc) is 2.30. The molecule has 0 N–H and O–H groups in total. The predicted molar refractivity (Wildman–Crippen MR) is 61.9 cm³/mol. The van der Waals surface area contributed by atoms with E-state index in [4.69, 9.17) is 0 Å². The highest BCUT2D eigenvalue weighted by molar-refractivity contribution is 5.34. The minimum Gasteiger partial charge on any atom is -0.299 e. The molecule has 0 spiro atoms. The molecular weight excluding hydrogens is 204 g/mol. The zero-order valence-corrected chi connectivity index (χ0v) is 9.13. The van der Waals surface area contributed by atoms with Crippen LogP contribution in [0.2, 0.25) is 0 Å². The van der Waals surface area contributed by atoms with Crippen LogP contribution < -0.4 is 0 Å². The van der Waals surface area contributed by atoms with Gasteiger partial charge in [-0.05, 0) is 37.9 Å². The van der Waals surface area contributed by atoms with Gasteiger partial charge in [0.25, 0.3) is 5.69 Å². The fraction of sp³-hybridized carbons (Fsp3) is 0.417. The second-order valence-corrected chi connectivity index (χ2v) is 4.07. The maximum atomic E-state index is 10.6. The molecule has 16 heavy (non-hydrogen) atoms. The van der Waals surface area contributed by atoms with Gasteiger partial charge in [-0.2, -0.15) is 0 Å². The van der Waals surface area contributed by atoms with Gasteiger partial charge in [-0.3, -0.25) is 15.0 Å². The van der Waals surface area contributed by atoms with E-state index in [0.29, 0.717) is 0 Å². The smallest absolute Gasteiger partial charge is 0.269 e. The fourth-order valence-corrected chi connectivity index (χ4v) is 1.99. The summed E-state index contributed by atoms with van der Waals surface area (Å²) in [4.78, 5) is 12.6. The standard InChI is InChI=1S/C12H15N2O2/c15-14(16)12-6-4-5-11(9-12)10-13-7-2-1-3-8-13/h1,4-6,9H,2-3,7-8,10H2. The third-order valence-corrected chi connectivity index (χ3v) is 2.83. The highest BCUT2D eigenvalue weighted by Gasteiger charge is 2.12.